The Morgan fingerprint density at radius 1 is 1.39 bits per heavy atom. The van der Waals surface area contributed by atoms with Gasteiger partial charge in [0.05, 0.1) is 6.54 Å². The molecule has 18 heavy (non-hydrogen) atoms. The summed E-state index contributed by atoms with van der Waals surface area (Å²) in [4.78, 5) is 0.888. The van der Waals surface area contributed by atoms with Crippen LogP contribution in [0.15, 0.2) is 16.3 Å². The fourth-order valence-electron chi connectivity index (χ4n) is 1.37. The monoisotopic (exact) mass is 296 g/mol. The Balaban J connectivity index is 1.94. The average molecular weight is 296 g/mol. The van der Waals surface area contributed by atoms with Gasteiger partial charge in [-0.2, -0.15) is 0 Å². The van der Waals surface area contributed by atoms with Gasteiger partial charge in [0.25, 0.3) is 6.43 Å². The van der Waals surface area contributed by atoms with E-state index in [9.17, 15) is 17.2 Å². The van der Waals surface area contributed by atoms with Gasteiger partial charge in [0, 0.05) is 17.5 Å². The molecule has 1 saturated carbocycles. The van der Waals surface area contributed by atoms with E-state index in [1.54, 1.807) is 6.07 Å². The molecule has 1 aromatic heterocycles. The lowest BCUT2D eigenvalue weighted by Gasteiger charge is -2.03. The minimum Gasteiger partial charge on any atom is -0.309 e. The van der Waals surface area contributed by atoms with Crippen LogP contribution in [0.4, 0.5) is 8.78 Å². The first-order valence-corrected chi connectivity index (χ1v) is 7.87. The number of alkyl halides is 2. The zero-order valence-corrected chi connectivity index (χ0v) is 11.2. The van der Waals surface area contributed by atoms with Crippen molar-refractivity contribution in [2.75, 3.05) is 6.54 Å². The molecular formula is C10H14F2N2O2S2. The quantitative estimate of drug-likeness (QED) is 0.802. The van der Waals surface area contributed by atoms with Crippen LogP contribution in [-0.2, 0) is 16.6 Å². The molecule has 2 rings (SSSR count). The van der Waals surface area contributed by atoms with Gasteiger partial charge in [-0.25, -0.2) is 21.9 Å². The number of nitrogens with one attached hydrogen (secondary N) is 2. The highest BCUT2D eigenvalue weighted by Crippen LogP contribution is 2.24. The van der Waals surface area contributed by atoms with Gasteiger partial charge in [0.1, 0.15) is 4.21 Å². The third-order valence-corrected chi connectivity index (χ3v) is 5.47. The van der Waals surface area contributed by atoms with Crippen molar-refractivity contribution in [3.63, 3.8) is 0 Å². The molecule has 102 valence electrons. The van der Waals surface area contributed by atoms with Crippen molar-refractivity contribution < 1.29 is 17.2 Å². The highest BCUT2D eigenvalue weighted by molar-refractivity contribution is 7.91. The predicted molar refractivity (Wildman–Crippen MR) is 65.4 cm³/mol. The van der Waals surface area contributed by atoms with Gasteiger partial charge in [0.15, 0.2) is 0 Å². The summed E-state index contributed by atoms with van der Waals surface area (Å²) in [5, 5.41) is 3.26. The second-order valence-corrected chi connectivity index (χ2v) is 7.28. The third-order valence-electron chi connectivity index (χ3n) is 2.47. The number of halogens is 2. The molecule has 0 amide bonds. The van der Waals surface area contributed by atoms with E-state index in [0.717, 1.165) is 29.1 Å². The summed E-state index contributed by atoms with van der Waals surface area (Å²) in [5.41, 5.74) is 0. The Hall–Kier alpha value is -0.570. The fraction of sp³-hybridized carbons (Fsp3) is 0.600. The number of hydrogen-bond donors (Lipinski definition) is 2. The van der Waals surface area contributed by atoms with Crippen LogP contribution in [0.25, 0.3) is 0 Å². The molecule has 0 atom stereocenters. The minimum absolute atomic E-state index is 0.0794. The first-order chi connectivity index (χ1) is 8.47. The van der Waals surface area contributed by atoms with Crippen molar-refractivity contribution in [2.45, 2.75) is 36.1 Å². The van der Waals surface area contributed by atoms with Crippen LogP contribution in [-0.4, -0.2) is 27.4 Å². The van der Waals surface area contributed by atoms with E-state index < -0.39 is 23.0 Å². The van der Waals surface area contributed by atoms with Crippen LogP contribution in [0, 0.1) is 0 Å². The number of rotatable bonds is 7. The molecule has 0 aliphatic heterocycles. The Morgan fingerprint density at radius 2 is 2.11 bits per heavy atom. The number of hydrogen-bond acceptors (Lipinski definition) is 4. The van der Waals surface area contributed by atoms with Gasteiger partial charge in [-0.1, -0.05) is 0 Å². The van der Waals surface area contributed by atoms with Gasteiger partial charge in [-0.3, -0.25) is 0 Å². The molecule has 1 aromatic rings. The van der Waals surface area contributed by atoms with Crippen LogP contribution >= 0.6 is 11.3 Å². The molecule has 0 unspecified atom stereocenters. The lowest BCUT2D eigenvalue weighted by atomic mass is 10.4. The summed E-state index contributed by atoms with van der Waals surface area (Å²) in [6.07, 6.45) is -0.366. The maximum Gasteiger partial charge on any atom is 0.251 e. The van der Waals surface area contributed by atoms with Gasteiger partial charge in [-0.05, 0) is 25.0 Å². The Labute approximate surface area is 108 Å². The van der Waals surface area contributed by atoms with Crippen LogP contribution in [0.1, 0.15) is 17.7 Å². The van der Waals surface area contributed by atoms with Crippen molar-refractivity contribution in [1.29, 1.82) is 0 Å². The van der Waals surface area contributed by atoms with Gasteiger partial charge in [-0.15, -0.1) is 11.3 Å². The molecule has 0 radical (unpaired) electrons. The summed E-state index contributed by atoms with van der Waals surface area (Å²) in [6.45, 7) is -0.227. The summed E-state index contributed by atoms with van der Waals surface area (Å²) in [5.74, 6) is 0. The van der Waals surface area contributed by atoms with Crippen LogP contribution in [0.5, 0.6) is 0 Å². The second-order valence-electron chi connectivity index (χ2n) is 4.12. The maximum atomic E-state index is 12.0. The number of sulfonamides is 1. The van der Waals surface area contributed by atoms with Crippen molar-refractivity contribution in [3.8, 4) is 0 Å². The van der Waals surface area contributed by atoms with Gasteiger partial charge < -0.3 is 5.32 Å². The number of thiophene rings is 1. The summed E-state index contributed by atoms with van der Waals surface area (Å²) < 4.78 is 49.2. The Morgan fingerprint density at radius 3 is 2.72 bits per heavy atom. The molecular weight excluding hydrogens is 282 g/mol. The van der Waals surface area contributed by atoms with Gasteiger partial charge >= 0.3 is 0 Å². The molecule has 1 aliphatic rings. The van der Waals surface area contributed by atoms with E-state index in [1.165, 1.54) is 6.07 Å². The predicted octanol–water partition coefficient (Wildman–Crippen LogP) is 1.54. The molecule has 8 heteroatoms. The molecule has 1 aliphatic carbocycles. The molecule has 1 heterocycles. The van der Waals surface area contributed by atoms with Crippen molar-refractivity contribution in [2.24, 2.45) is 0 Å². The molecule has 0 bridgehead atoms. The summed E-state index contributed by atoms with van der Waals surface area (Å²) in [7, 11) is -3.80. The minimum atomic E-state index is -3.80. The smallest absolute Gasteiger partial charge is 0.251 e. The fourth-order valence-corrected chi connectivity index (χ4v) is 3.73. The second kappa shape index (κ2) is 5.60. The van der Waals surface area contributed by atoms with E-state index in [1.807, 2.05) is 4.72 Å². The van der Waals surface area contributed by atoms with Crippen molar-refractivity contribution in [3.05, 3.63) is 17.0 Å². The Kier molecular flexibility index (Phi) is 4.31. The SMILES string of the molecule is O=S(=O)(NCC(F)F)c1ccc(CNC2CC2)s1. The van der Waals surface area contributed by atoms with Crippen LogP contribution < -0.4 is 10.0 Å². The van der Waals surface area contributed by atoms with E-state index in [0.29, 0.717) is 12.6 Å². The normalized spacial score (nSPS) is 16.4. The third kappa shape index (κ3) is 3.98. The molecule has 0 spiro atoms. The summed E-state index contributed by atoms with van der Waals surface area (Å²) >= 11 is 1.10. The van der Waals surface area contributed by atoms with Crippen LogP contribution in [0.3, 0.4) is 0 Å². The summed E-state index contributed by atoms with van der Waals surface area (Å²) in [6, 6.07) is 3.70. The largest absolute Gasteiger partial charge is 0.309 e. The maximum absolute atomic E-state index is 12.0. The molecule has 0 saturated heterocycles. The van der Waals surface area contributed by atoms with E-state index >= 15 is 0 Å². The van der Waals surface area contributed by atoms with E-state index in [-0.39, 0.29) is 4.21 Å². The molecule has 1 fully saturated rings. The Bertz CT molecular complexity index is 498. The first-order valence-electron chi connectivity index (χ1n) is 5.57. The topological polar surface area (TPSA) is 58.2 Å². The molecule has 2 N–H and O–H groups in total. The average Bonchev–Trinajstić information content (AvgIpc) is 3.00. The first kappa shape index (κ1) is 13.9. The highest BCUT2D eigenvalue weighted by atomic mass is 32.2. The van der Waals surface area contributed by atoms with Gasteiger partial charge in [0.2, 0.25) is 10.0 Å². The molecule has 0 aromatic carbocycles. The van der Waals surface area contributed by atoms with E-state index in [2.05, 4.69) is 5.32 Å². The zero-order valence-electron chi connectivity index (χ0n) is 9.53. The van der Waals surface area contributed by atoms with Crippen LogP contribution in [0.2, 0.25) is 0 Å². The standard InChI is InChI=1S/C10H14F2N2O2S2/c11-9(12)6-14-18(15,16)10-4-3-8(17-10)5-13-7-1-2-7/h3-4,7,9,13-14H,1-2,5-6H2. The van der Waals surface area contributed by atoms with E-state index in [4.69, 9.17) is 0 Å². The highest BCUT2D eigenvalue weighted by Gasteiger charge is 2.21. The zero-order chi connectivity index (χ0) is 13.2. The van der Waals surface area contributed by atoms with Crippen molar-refractivity contribution >= 4 is 21.4 Å². The molecule has 4 nitrogen and oxygen atoms in total. The lowest BCUT2D eigenvalue weighted by molar-refractivity contribution is 0.153. The van der Waals surface area contributed by atoms with Crippen molar-refractivity contribution in [1.82, 2.24) is 10.0 Å². The lowest BCUT2D eigenvalue weighted by Crippen LogP contribution is -2.28.